The number of nitrogens with one attached hydrogen (secondary N) is 1. The summed E-state index contributed by atoms with van der Waals surface area (Å²) in [5, 5.41) is 16.1. The van der Waals surface area contributed by atoms with E-state index in [1.54, 1.807) is 19.1 Å². The van der Waals surface area contributed by atoms with E-state index in [2.05, 4.69) is 15.5 Å². The van der Waals surface area contributed by atoms with Gasteiger partial charge in [0, 0.05) is 6.92 Å². The third-order valence-corrected chi connectivity index (χ3v) is 4.61. The van der Waals surface area contributed by atoms with Crippen LogP contribution in [-0.4, -0.2) is 27.1 Å². The van der Waals surface area contributed by atoms with Gasteiger partial charge in [-0.15, -0.1) is 0 Å². The zero-order valence-corrected chi connectivity index (χ0v) is 14.1. The topological polar surface area (TPSA) is 105 Å². The number of hydrogen-bond acceptors (Lipinski definition) is 5. The Labute approximate surface area is 145 Å². The van der Waals surface area contributed by atoms with Gasteiger partial charge in [-0.2, -0.15) is 4.98 Å². The molecule has 0 unspecified atom stereocenters. The molecule has 1 saturated carbocycles. The lowest BCUT2D eigenvalue weighted by Gasteiger charge is -2.35. The highest BCUT2D eigenvalue weighted by Crippen LogP contribution is 2.35. The van der Waals surface area contributed by atoms with Crippen LogP contribution in [0.1, 0.15) is 59.7 Å². The molecule has 0 saturated heterocycles. The number of hydrogen-bond donors (Lipinski definition) is 2. The number of aryl methyl sites for hydroxylation is 1. The lowest BCUT2D eigenvalue weighted by Crippen LogP contribution is -2.48. The first-order valence-electron chi connectivity index (χ1n) is 8.42. The molecule has 2 N–H and O–H groups in total. The number of aromatic nitrogens is 2. The molecule has 1 amide bonds. The molecule has 0 spiro atoms. The van der Waals surface area contributed by atoms with Crippen molar-refractivity contribution in [3.8, 4) is 0 Å². The maximum Gasteiger partial charge on any atom is 0.335 e. The van der Waals surface area contributed by atoms with Crippen LogP contribution in [0.15, 0.2) is 28.8 Å². The molecule has 1 aliphatic rings. The smallest absolute Gasteiger partial charge is 0.335 e. The molecule has 25 heavy (non-hydrogen) atoms. The summed E-state index contributed by atoms with van der Waals surface area (Å²) in [6.45, 7) is 1.73. The van der Waals surface area contributed by atoms with Gasteiger partial charge in [-0.1, -0.05) is 36.6 Å². The van der Waals surface area contributed by atoms with E-state index < -0.39 is 11.5 Å². The summed E-state index contributed by atoms with van der Waals surface area (Å²) in [4.78, 5) is 27.8. The van der Waals surface area contributed by atoms with Gasteiger partial charge < -0.3 is 14.9 Å². The van der Waals surface area contributed by atoms with E-state index in [0.29, 0.717) is 11.7 Å². The largest absolute Gasteiger partial charge is 0.478 e. The summed E-state index contributed by atoms with van der Waals surface area (Å²) < 4.78 is 5.11. The van der Waals surface area contributed by atoms with E-state index in [9.17, 15) is 9.59 Å². The second-order valence-corrected chi connectivity index (χ2v) is 6.51. The Hall–Kier alpha value is -2.70. The summed E-state index contributed by atoms with van der Waals surface area (Å²) in [6, 6.07) is 6.33. The second kappa shape index (κ2) is 7.04. The van der Waals surface area contributed by atoms with Crippen molar-refractivity contribution >= 4 is 11.9 Å². The molecule has 1 heterocycles. The number of nitrogens with zero attached hydrogens (tertiary/aromatic N) is 2. The van der Waals surface area contributed by atoms with Gasteiger partial charge in [-0.3, -0.25) is 4.79 Å². The molecular formula is C18H21N3O4. The number of benzene rings is 1. The molecule has 0 atom stereocenters. The minimum atomic E-state index is -0.982. The molecule has 1 aromatic heterocycles. The molecule has 2 aromatic rings. The van der Waals surface area contributed by atoms with E-state index >= 15 is 0 Å². The van der Waals surface area contributed by atoms with E-state index in [0.717, 1.165) is 37.7 Å². The fourth-order valence-electron chi connectivity index (χ4n) is 3.32. The molecule has 132 valence electrons. The molecule has 1 aliphatic carbocycles. The molecule has 3 rings (SSSR count). The van der Waals surface area contributed by atoms with Crippen LogP contribution in [0.3, 0.4) is 0 Å². The first kappa shape index (κ1) is 17.1. The van der Waals surface area contributed by atoms with E-state index in [-0.39, 0.29) is 17.9 Å². The molecule has 0 bridgehead atoms. The quantitative estimate of drug-likeness (QED) is 0.864. The minimum Gasteiger partial charge on any atom is -0.478 e. The predicted octanol–water partition coefficient (Wildman–Crippen LogP) is 2.59. The van der Waals surface area contributed by atoms with Gasteiger partial charge in [0.15, 0.2) is 5.82 Å². The molecule has 1 aromatic carbocycles. The first-order valence-corrected chi connectivity index (χ1v) is 8.42. The van der Waals surface area contributed by atoms with Crippen LogP contribution in [0.4, 0.5) is 0 Å². The van der Waals surface area contributed by atoms with Crippen molar-refractivity contribution in [2.45, 2.75) is 51.0 Å². The Kier molecular flexibility index (Phi) is 4.83. The van der Waals surface area contributed by atoms with Crippen LogP contribution in [0, 0.1) is 6.92 Å². The number of carboxylic acids is 1. The molecule has 7 nitrogen and oxygen atoms in total. The van der Waals surface area contributed by atoms with Crippen LogP contribution in [0.2, 0.25) is 0 Å². The third kappa shape index (κ3) is 3.87. The maximum atomic E-state index is 12.6. The average molecular weight is 343 g/mol. The number of rotatable bonds is 5. The Morgan fingerprint density at radius 2 is 1.88 bits per heavy atom. The summed E-state index contributed by atoms with van der Waals surface area (Å²) in [6.07, 6.45) is 4.89. The van der Waals surface area contributed by atoms with Crippen molar-refractivity contribution in [2.24, 2.45) is 0 Å². The predicted molar refractivity (Wildman–Crippen MR) is 89.0 cm³/mol. The van der Waals surface area contributed by atoms with Gasteiger partial charge in [0.2, 0.25) is 11.8 Å². The van der Waals surface area contributed by atoms with Crippen molar-refractivity contribution in [3.05, 3.63) is 47.1 Å². The second-order valence-electron chi connectivity index (χ2n) is 6.51. The monoisotopic (exact) mass is 343 g/mol. The highest BCUT2D eigenvalue weighted by Gasteiger charge is 2.39. The Morgan fingerprint density at radius 1 is 1.20 bits per heavy atom. The van der Waals surface area contributed by atoms with Crippen molar-refractivity contribution in [3.63, 3.8) is 0 Å². The number of aromatic carboxylic acids is 1. The van der Waals surface area contributed by atoms with Gasteiger partial charge in [0.1, 0.15) is 5.54 Å². The number of carbonyl (C=O) groups excluding carboxylic acids is 1. The molecule has 7 heteroatoms. The van der Waals surface area contributed by atoms with Crippen LogP contribution in [0.5, 0.6) is 0 Å². The van der Waals surface area contributed by atoms with Crippen LogP contribution < -0.4 is 5.32 Å². The van der Waals surface area contributed by atoms with Gasteiger partial charge >= 0.3 is 5.97 Å². The van der Waals surface area contributed by atoms with E-state index in [4.69, 9.17) is 9.63 Å². The SMILES string of the molecule is Cc1nc(C2(NC(=O)Cc3ccc(C(=O)O)cc3)CCCCC2)no1. The lowest BCUT2D eigenvalue weighted by atomic mass is 9.80. The summed E-state index contributed by atoms with van der Waals surface area (Å²) >= 11 is 0. The fourth-order valence-corrected chi connectivity index (χ4v) is 3.32. The summed E-state index contributed by atoms with van der Waals surface area (Å²) in [5.41, 5.74) is 0.390. The molecule has 0 radical (unpaired) electrons. The lowest BCUT2D eigenvalue weighted by molar-refractivity contribution is -0.123. The summed E-state index contributed by atoms with van der Waals surface area (Å²) in [5.74, 6) is -0.0882. The Morgan fingerprint density at radius 3 is 2.44 bits per heavy atom. The number of amides is 1. The van der Waals surface area contributed by atoms with Gasteiger partial charge in [0.05, 0.1) is 12.0 Å². The Balaban J connectivity index is 1.73. The first-order chi connectivity index (χ1) is 12.0. The zero-order chi connectivity index (χ0) is 17.9. The number of carboxylic acid groups (broad SMARTS) is 1. The van der Waals surface area contributed by atoms with Crippen LogP contribution in [-0.2, 0) is 16.8 Å². The standard InChI is InChI=1S/C18H21N3O4/c1-12-19-17(21-25-12)18(9-3-2-4-10-18)20-15(22)11-13-5-7-14(8-6-13)16(23)24/h5-8H,2-4,9-11H2,1H3,(H,20,22)(H,23,24). The minimum absolute atomic E-state index is 0.132. The zero-order valence-electron chi connectivity index (χ0n) is 14.1. The van der Waals surface area contributed by atoms with Crippen LogP contribution in [0.25, 0.3) is 0 Å². The van der Waals surface area contributed by atoms with Crippen molar-refractivity contribution in [2.75, 3.05) is 0 Å². The van der Waals surface area contributed by atoms with Crippen LogP contribution >= 0.6 is 0 Å². The highest BCUT2D eigenvalue weighted by molar-refractivity contribution is 5.87. The van der Waals surface area contributed by atoms with Crippen molar-refractivity contribution < 1.29 is 19.2 Å². The highest BCUT2D eigenvalue weighted by atomic mass is 16.5. The molecule has 1 fully saturated rings. The van der Waals surface area contributed by atoms with E-state index in [1.807, 2.05) is 0 Å². The maximum absolute atomic E-state index is 12.6. The molecular weight excluding hydrogens is 322 g/mol. The number of carbonyl (C=O) groups is 2. The summed E-state index contributed by atoms with van der Waals surface area (Å²) in [7, 11) is 0. The van der Waals surface area contributed by atoms with E-state index in [1.165, 1.54) is 12.1 Å². The van der Waals surface area contributed by atoms with Gasteiger partial charge in [-0.25, -0.2) is 4.79 Å². The average Bonchev–Trinajstić information content (AvgIpc) is 3.03. The van der Waals surface area contributed by atoms with Gasteiger partial charge in [-0.05, 0) is 30.5 Å². The van der Waals surface area contributed by atoms with Crippen molar-refractivity contribution in [1.82, 2.24) is 15.5 Å². The van der Waals surface area contributed by atoms with Gasteiger partial charge in [0.25, 0.3) is 0 Å². The molecule has 0 aliphatic heterocycles. The fraction of sp³-hybridized carbons (Fsp3) is 0.444. The normalized spacial score (nSPS) is 16.4. The Bertz CT molecular complexity index is 761. The van der Waals surface area contributed by atoms with Crippen molar-refractivity contribution in [1.29, 1.82) is 0 Å². The third-order valence-electron chi connectivity index (χ3n) is 4.61.